The van der Waals surface area contributed by atoms with Gasteiger partial charge < -0.3 is 34.2 Å². The van der Waals surface area contributed by atoms with Gasteiger partial charge in [-0.1, -0.05) is 0 Å². The molecule has 0 radical (unpaired) electrons. The number of aliphatic hydroxyl groups is 1. The molecule has 0 aromatic heterocycles. The van der Waals surface area contributed by atoms with Gasteiger partial charge in [0.25, 0.3) is 5.08 Å². The van der Waals surface area contributed by atoms with E-state index < -0.39 is 26.9 Å². The van der Waals surface area contributed by atoms with Crippen molar-refractivity contribution < 1.29 is 43.3 Å². The molecule has 0 aliphatic rings. The van der Waals surface area contributed by atoms with Crippen molar-refractivity contribution in [3.63, 3.8) is 0 Å². The zero-order chi connectivity index (χ0) is 13.0. The maximum absolute atomic E-state index is 10.8. The normalized spacial score (nSPS) is 14.1. The average Bonchev–Trinajstić information content (AvgIpc) is 2.08. The Labute approximate surface area is 91.3 Å². The van der Waals surface area contributed by atoms with Crippen molar-refractivity contribution in [1.29, 1.82) is 0 Å². The van der Waals surface area contributed by atoms with E-state index in [-0.39, 0.29) is 13.2 Å². The molecule has 11 heteroatoms. The van der Waals surface area contributed by atoms with Crippen LogP contribution < -0.4 is 0 Å². The van der Waals surface area contributed by atoms with E-state index in [2.05, 4.69) is 9.47 Å². The van der Waals surface area contributed by atoms with Crippen LogP contribution in [0, 0.1) is 0 Å². The van der Waals surface area contributed by atoms with Crippen LogP contribution >= 0.6 is 15.2 Å². The minimum atomic E-state index is -5.43. The molecule has 0 spiro atoms. The van der Waals surface area contributed by atoms with Crippen LogP contribution in [0.1, 0.15) is 0 Å². The van der Waals surface area contributed by atoms with E-state index in [1.807, 2.05) is 0 Å². The molecule has 0 atom stereocenters. The quantitative estimate of drug-likeness (QED) is 0.281. The Bertz CT molecular complexity index is 281. The van der Waals surface area contributed by atoms with Gasteiger partial charge in [-0.3, -0.25) is 9.13 Å². The fourth-order valence-electron chi connectivity index (χ4n) is 0.689. The Balaban J connectivity index is 4.73. The van der Waals surface area contributed by atoms with E-state index in [4.69, 9.17) is 19.6 Å². The number of ether oxygens (including phenoxy) is 2. The first-order valence-corrected chi connectivity index (χ1v) is 7.19. The molecule has 0 saturated heterocycles. The molecule has 0 heterocycles. The van der Waals surface area contributed by atoms with E-state index >= 15 is 0 Å². The summed E-state index contributed by atoms with van der Waals surface area (Å²) in [7, 11) is -9.53. The summed E-state index contributed by atoms with van der Waals surface area (Å²) in [4.78, 5) is 34.7. The van der Waals surface area contributed by atoms with Gasteiger partial charge in [0.15, 0.2) is 0 Å². The van der Waals surface area contributed by atoms with Crippen molar-refractivity contribution >= 4 is 15.2 Å². The molecule has 0 aromatic carbocycles. The molecule has 0 unspecified atom stereocenters. The molecule has 0 aromatic rings. The molecule has 0 fully saturated rings. The van der Waals surface area contributed by atoms with E-state index in [0.717, 1.165) is 0 Å². The monoisotopic (exact) mass is 280 g/mol. The lowest BCUT2D eigenvalue weighted by Gasteiger charge is -2.28. The second kappa shape index (κ2) is 5.68. The second-order valence-electron chi connectivity index (χ2n) is 2.91. The number of hydrogen-bond acceptors (Lipinski definition) is 5. The largest absolute Gasteiger partial charge is 0.382 e. The molecule has 16 heavy (non-hydrogen) atoms. The number of hydrogen-bond donors (Lipinski definition) is 5. The van der Waals surface area contributed by atoms with Crippen LogP contribution in [-0.2, 0) is 18.6 Å². The maximum Gasteiger partial charge on any atom is 0.371 e. The Morgan fingerprint density at radius 3 is 1.81 bits per heavy atom. The summed E-state index contributed by atoms with van der Waals surface area (Å²) in [6, 6.07) is 0. The van der Waals surface area contributed by atoms with Crippen molar-refractivity contribution in [2.45, 2.75) is 5.08 Å². The van der Waals surface area contributed by atoms with E-state index in [1.165, 1.54) is 7.11 Å². The van der Waals surface area contributed by atoms with Gasteiger partial charge in [-0.15, -0.1) is 0 Å². The number of methoxy groups -OCH3 is 1. The standard InChI is InChI=1S/C5H14O9P2/c1-13-2-3-14-4-5(6,15(7,8)9)16(10,11)12/h6H,2-4H2,1H3,(H2,7,8,9)(H2,10,11,12). The maximum atomic E-state index is 10.8. The van der Waals surface area contributed by atoms with Gasteiger partial charge in [0.05, 0.1) is 19.8 Å². The van der Waals surface area contributed by atoms with Crippen LogP contribution in [-0.4, -0.2) is 56.7 Å². The molecule has 0 aliphatic carbocycles. The van der Waals surface area contributed by atoms with Crippen molar-refractivity contribution in [3.05, 3.63) is 0 Å². The average molecular weight is 280 g/mol. The van der Waals surface area contributed by atoms with Gasteiger partial charge in [-0.05, 0) is 0 Å². The Hall–Kier alpha value is 0.180. The molecule has 9 nitrogen and oxygen atoms in total. The lowest BCUT2D eigenvalue weighted by atomic mass is 10.7. The van der Waals surface area contributed by atoms with Crippen molar-refractivity contribution in [1.82, 2.24) is 0 Å². The SMILES string of the molecule is COCCOCC(O)(P(=O)(O)O)P(=O)(O)O. The van der Waals surface area contributed by atoms with Crippen LogP contribution in [0.3, 0.4) is 0 Å². The van der Waals surface area contributed by atoms with Gasteiger partial charge in [0.1, 0.15) is 0 Å². The highest BCUT2D eigenvalue weighted by atomic mass is 31.2. The third kappa shape index (κ3) is 3.89. The topological polar surface area (TPSA) is 154 Å². The van der Waals surface area contributed by atoms with Crippen molar-refractivity contribution in [2.75, 3.05) is 26.9 Å². The van der Waals surface area contributed by atoms with Gasteiger partial charge in [0.2, 0.25) is 0 Å². The summed E-state index contributed by atoms with van der Waals surface area (Å²) in [5.74, 6) is 0. The predicted octanol–water partition coefficient (Wildman–Crippen LogP) is -1.35. The molecule has 0 rings (SSSR count). The van der Waals surface area contributed by atoms with Crippen molar-refractivity contribution in [3.8, 4) is 0 Å². The highest BCUT2D eigenvalue weighted by molar-refractivity contribution is 7.72. The van der Waals surface area contributed by atoms with E-state index in [1.54, 1.807) is 0 Å². The minimum Gasteiger partial charge on any atom is -0.382 e. The highest BCUT2D eigenvalue weighted by Gasteiger charge is 2.59. The Kier molecular flexibility index (Phi) is 5.74. The smallest absolute Gasteiger partial charge is 0.371 e. The lowest BCUT2D eigenvalue weighted by Crippen LogP contribution is -2.34. The van der Waals surface area contributed by atoms with Crippen LogP contribution in [0.2, 0.25) is 0 Å². The van der Waals surface area contributed by atoms with Crippen LogP contribution in [0.4, 0.5) is 0 Å². The summed E-state index contributed by atoms with van der Waals surface area (Å²) in [5, 5.41) is 5.77. The fraction of sp³-hybridized carbons (Fsp3) is 1.00. The first kappa shape index (κ1) is 16.2. The van der Waals surface area contributed by atoms with E-state index in [9.17, 15) is 14.2 Å². The molecular weight excluding hydrogens is 266 g/mol. The Morgan fingerprint density at radius 1 is 1.06 bits per heavy atom. The zero-order valence-corrected chi connectivity index (χ0v) is 10.2. The Morgan fingerprint density at radius 2 is 1.50 bits per heavy atom. The van der Waals surface area contributed by atoms with Crippen LogP contribution in [0.25, 0.3) is 0 Å². The van der Waals surface area contributed by atoms with Gasteiger partial charge in [-0.2, -0.15) is 0 Å². The third-order valence-corrected chi connectivity index (χ3v) is 5.35. The van der Waals surface area contributed by atoms with Crippen LogP contribution in [0.15, 0.2) is 0 Å². The summed E-state index contributed by atoms with van der Waals surface area (Å²) < 4.78 is 30.7. The third-order valence-electron chi connectivity index (χ3n) is 1.66. The molecule has 0 bridgehead atoms. The zero-order valence-electron chi connectivity index (χ0n) is 8.38. The second-order valence-corrected chi connectivity index (χ2v) is 6.92. The molecular formula is C5H14O9P2. The van der Waals surface area contributed by atoms with Gasteiger partial charge >= 0.3 is 15.2 Å². The summed E-state index contributed by atoms with van der Waals surface area (Å²) in [6.45, 7) is -1.30. The first-order valence-electron chi connectivity index (χ1n) is 3.96. The van der Waals surface area contributed by atoms with Gasteiger partial charge in [0, 0.05) is 7.11 Å². The summed E-state index contributed by atoms with van der Waals surface area (Å²) in [5.41, 5.74) is 0. The summed E-state index contributed by atoms with van der Waals surface area (Å²) in [6.07, 6.45) is 0. The van der Waals surface area contributed by atoms with Gasteiger partial charge in [-0.25, -0.2) is 0 Å². The first-order chi connectivity index (χ1) is 7.06. The number of rotatable bonds is 7. The van der Waals surface area contributed by atoms with Crippen LogP contribution in [0.5, 0.6) is 0 Å². The molecule has 5 N–H and O–H groups in total. The molecule has 0 aliphatic heterocycles. The fourth-order valence-corrected chi connectivity index (χ4v) is 2.57. The minimum absolute atomic E-state index is 0.0540. The molecule has 0 saturated carbocycles. The predicted molar refractivity (Wildman–Crippen MR) is 51.7 cm³/mol. The van der Waals surface area contributed by atoms with Crippen molar-refractivity contribution in [2.24, 2.45) is 0 Å². The lowest BCUT2D eigenvalue weighted by molar-refractivity contribution is 0.00568. The molecule has 98 valence electrons. The summed E-state index contributed by atoms with van der Waals surface area (Å²) >= 11 is 0. The highest BCUT2D eigenvalue weighted by Crippen LogP contribution is 2.67. The molecule has 0 amide bonds. The van der Waals surface area contributed by atoms with E-state index in [0.29, 0.717) is 0 Å².